The van der Waals surface area contributed by atoms with E-state index in [1.165, 1.54) is 16.9 Å². The number of hydrogen-bond acceptors (Lipinski definition) is 6. The van der Waals surface area contributed by atoms with Crippen molar-refractivity contribution in [2.45, 2.75) is 64.2 Å². The maximum atomic E-state index is 11.9. The summed E-state index contributed by atoms with van der Waals surface area (Å²) in [6.45, 7) is 4.56. The Kier molecular flexibility index (Phi) is 5.16. The van der Waals surface area contributed by atoms with Crippen LogP contribution in [0, 0.1) is 6.92 Å². The molecule has 2 aliphatic rings. The number of carbonyl (C=O) groups excluding carboxylic acids is 1. The molecule has 0 spiro atoms. The fourth-order valence-corrected chi connectivity index (χ4v) is 5.73. The lowest BCUT2D eigenvalue weighted by Crippen LogP contribution is -2.50. The summed E-state index contributed by atoms with van der Waals surface area (Å²) in [5, 5.41) is 4.31. The lowest BCUT2D eigenvalue weighted by molar-refractivity contribution is -0.133. The van der Waals surface area contributed by atoms with E-state index in [1.807, 2.05) is 25.3 Å². The highest BCUT2D eigenvalue weighted by atomic mass is 32.1. The lowest BCUT2D eigenvalue weighted by atomic mass is 9.97. The number of amides is 1. The highest BCUT2D eigenvalue weighted by molar-refractivity contribution is 7.20. The van der Waals surface area contributed by atoms with Gasteiger partial charge in [-0.2, -0.15) is 4.98 Å². The van der Waals surface area contributed by atoms with Crippen molar-refractivity contribution >= 4 is 27.6 Å². The molecule has 6 nitrogen and oxygen atoms in total. The van der Waals surface area contributed by atoms with Gasteiger partial charge in [0.15, 0.2) is 5.65 Å². The first-order valence-corrected chi connectivity index (χ1v) is 11.4. The average molecular weight is 423 g/mol. The van der Waals surface area contributed by atoms with E-state index >= 15 is 0 Å². The molecule has 0 saturated carbocycles. The highest BCUT2D eigenvalue weighted by Crippen LogP contribution is 2.36. The molecule has 2 aromatic heterocycles. The third-order valence-electron chi connectivity index (χ3n) is 6.18. The summed E-state index contributed by atoms with van der Waals surface area (Å²) in [6.07, 6.45) is 6.23. The monoisotopic (exact) mass is 422 g/mol. The molecule has 3 atom stereocenters. The number of pyridine rings is 1. The fraction of sp³-hybridized carbons (Fsp3) is 0.435. The van der Waals surface area contributed by atoms with Gasteiger partial charge in [-0.1, -0.05) is 23.5 Å². The minimum Gasteiger partial charge on any atom is -0.431 e. The molecule has 0 radical (unpaired) electrons. The number of aryl methyl sites for hydroxylation is 1. The molecule has 156 valence electrons. The minimum atomic E-state index is 0.232. The zero-order chi connectivity index (χ0) is 20.7. The summed E-state index contributed by atoms with van der Waals surface area (Å²) < 4.78 is 6.97. The van der Waals surface area contributed by atoms with E-state index in [0.29, 0.717) is 23.3 Å². The zero-order valence-electron chi connectivity index (χ0n) is 17.3. The number of rotatable bonds is 5. The van der Waals surface area contributed by atoms with Crippen LogP contribution >= 0.6 is 11.3 Å². The van der Waals surface area contributed by atoms with E-state index in [9.17, 15) is 4.79 Å². The number of carbonyl (C=O) groups is 1. The molecular weight excluding hydrogens is 396 g/mol. The largest absolute Gasteiger partial charge is 0.431 e. The Labute approximate surface area is 180 Å². The van der Waals surface area contributed by atoms with Gasteiger partial charge in [-0.25, -0.2) is 4.98 Å². The van der Waals surface area contributed by atoms with Crippen molar-refractivity contribution in [2.24, 2.45) is 0 Å². The Bertz CT molecular complexity index is 1050. The molecule has 2 unspecified atom stereocenters. The van der Waals surface area contributed by atoms with Crippen LogP contribution in [0.2, 0.25) is 0 Å². The molecule has 2 fully saturated rings. The van der Waals surface area contributed by atoms with Gasteiger partial charge in [-0.05, 0) is 61.9 Å². The summed E-state index contributed by atoms with van der Waals surface area (Å²) in [5.74, 6) is 1.01. The molecule has 3 aromatic rings. The van der Waals surface area contributed by atoms with Crippen molar-refractivity contribution < 1.29 is 9.53 Å². The number of hydrogen-bond donors (Lipinski definition) is 1. The standard InChI is InChI=1S/C23H26N4O2S/c1-14-9-21-22(25-12-14)26-23(30-21)29-20-7-3-16(4-8-20)13-24-17-10-18-5-6-19(11-17)27(18)15(2)28/h3-4,7-9,12,17-19,24H,5-6,10-11,13H2,1-2H3/t17?,18-,19?/m1/s1. The van der Waals surface area contributed by atoms with Gasteiger partial charge in [0.25, 0.3) is 5.19 Å². The third kappa shape index (κ3) is 3.91. The molecule has 7 heteroatoms. The number of aromatic nitrogens is 2. The van der Waals surface area contributed by atoms with Gasteiger partial charge in [0.05, 0.1) is 4.70 Å². The number of nitrogens with one attached hydrogen (secondary N) is 1. The van der Waals surface area contributed by atoms with Gasteiger partial charge in [0.1, 0.15) is 5.75 Å². The lowest BCUT2D eigenvalue weighted by Gasteiger charge is -2.38. The maximum Gasteiger partial charge on any atom is 0.281 e. The zero-order valence-corrected chi connectivity index (χ0v) is 18.1. The third-order valence-corrected chi connectivity index (χ3v) is 7.05. The van der Waals surface area contributed by atoms with E-state index < -0.39 is 0 Å². The molecule has 1 aromatic carbocycles. The van der Waals surface area contributed by atoms with Gasteiger partial charge in [0, 0.05) is 37.8 Å². The second-order valence-corrected chi connectivity index (χ2v) is 9.41. The Hall–Kier alpha value is -2.51. The van der Waals surface area contributed by atoms with Gasteiger partial charge in [0.2, 0.25) is 5.91 Å². The predicted molar refractivity (Wildman–Crippen MR) is 118 cm³/mol. The van der Waals surface area contributed by atoms with Gasteiger partial charge in [-0.15, -0.1) is 0 Å². The number of benzene rings is 1. The molecule has 1 N–H and O–H groups in total. The van der Waals surface area contributed by atoms with Crippen LogP contribution < -0.4 is 10.1 Å². The fourth-order valence-electron chi connectivity index (χ4n) is 4.84. The molecular formula is C23H26N4O2S. The quantitative estimate of drug-likeness (QED) is 0.659. The summed E-state index contributed by atoms with van der Waals surface area (Å²) in [6, 6.07) is 11.6. The first-order valence-electron chi connectivity index (χ1n) is 10.6. The number of nitrogens with zero attached hydrogens (tertiary/aromatic N) is 3. The number of piperidine rings is 1. The molecule has 4 heterocycles. The molecule has 0 aliphatic carbocycles. The molecule has 2 saturated heterocycles. The molecule has 5 rings (SSSR count). The van der Waals surface area contributed by atoms with Crippen molar-refractivity contribution in [3.8, 4) is 10.9 Å². The first kappa shape index (κ1) is 19.5. The van der Waals surface area contributed by atoms with E-state index in [0.717, 1.165) is 53.9 Å². The van der Waals surface area contributed by atoms with Crippen molar-refractivity contribution in [3.05, 3.63) is 47.7 Å². The van der Waals surface area contributed by atoms with Crippen LogP contribution in [0.25, 0.3) is 10.3 Å². The summed E-state index contributed by atoms with van der Waals surface area (Å²) >= 11 is 1.51. The van der Waals surface area contributed by atoms with Crippen LogP contribution in [0.4, 0.5) is 0 Å². The van der Waals surface area contributed by atoms with Gasteiger partial charge < -0.3 is 15.0 Å². The minimum absolute atomic E-state index is 0.232. The Morgan fingerprint density at radius 3 is 2.67 bits per heavy atom. The number of fused-ring (bicyclic) bond motifs is 3. The normalized spacial score (nSPS) is 23.1. The first-order chi connectivity index (χ1) is 14.5. The van der Waals surface area contributed by atoms with Crippen LogP contribution in [-0.2, 0) is 11.3 Å². The Balaban J connectivity index is 1.17. The smallest absolute Gasteiger partial charge is 0.281 e. The Morgan fingerprint density at radius 1 is 1.23 bits per heavy atom. The van der Waals surface area contributed by atoms with Crippen molar-refractivity contribution in [1.82, 2.24) is 20.2 Å². The van der Waals surface area contributed by atoms with E-state index in [4.69, 9.17) is 4.74 Å². The van der Waals surface area contributed by atoms with Gasteiger partial charge in [-0.3, -0.25) is 4.79 Å². The summed E-state index contributed by atoms with van der Waals surface area (Å²) in [7, 11) is 0. The van der Waals surface area contributed by atoms with Crippen molar-refractivity contribution in [2.75, 3.05) is 0 Å². The van der Waals surface area contributed by atoms with E-state index in [1.54, 1.807) is 6.92 Å². The molecule has 2 aliphatic heterocycles. The molecule has 2 bridgehead atoms. The second-order valence-electron chi connectivity index (χ2n) is 8.42. The summed E-state index contributed by atoms with van der Waals surface area (Å²) in [5.41, 5.74) is 3.08. The van der Waals surface area contributed by atoms with Crippen LogP contribution in [0.1, 0.15) is 43.7 Å². The van der Waals surface area contributed by atoms with Crippen molar-refractivity contribution in [1.29, 1.82) is 0 Å². The van der Waals surface area contributed by atoms with Crippen LogP contribution in [0.3, 0.4) is 0 Å². The number of thiazole rings is 1. The second kappa shape index (κ2) is 7.96. The number of ether oxygens (including phenoxy) is 1. The van der Waals surface area contributed by atoms with Crippen molar-refractivity contribution in [3.63, 3.8) is 0 Å². The summed E-state index contributed by atoms with van der Waals surface area (Å²) in [4.78, 5) is 22.8. The van der Waals surface area contributed by atoms with E-state index in [-0.39, 0.29) is 5.91 Å². The van der Waals surface area contributed by atoms with Crippen LogP contribution in [0.5, 0.6) is 10.9 Å². The van der Waals surface area contributed by atoms with E-state index in [2.05, 4.69) is 38.4 Å². The Morgan fingerprint density at radius 2 is 1.97 bits per heavy atom. The van der Waals surface area contributed by atoms with Crippen LogP contribution in [0.15, 0.2) is 36.5 Å². The molecule has 1 amide bonds. The van der Waals surface area contributed by atoms with Crippen LogP contribution in [-0.4, -0.2) is 38.9 Å². The SMILES string of the molecule is CC(=O)N1C2CC[C@@H]1CC(NCc1ccc(Oc3nc4ncc(C)cc4s3)cc1)C2. The predicted octanol–water partition coefficient (Wildman–Crippen LogP) is 4.42. The average Bonchev–Trinajstić information content (AvgIpc) is 3.24. The van der Waals surface area contributed by atoms with Gasteiger partial charge >= 0.3 is 0 Å². The highest BCUT2D eigenvalue weighted by Gasteiger charge is 2.41. The topological polar surface area (TPSA) is 67.4 Å². The maximum absolute atomic E-state index is 11.9. The molecule has 30 heavy (non-hydrogen) atoms.